The monoisotopic (exact) mass is 2020 g/mol. The van der Waals surface area contributed by atoms with Gasteiger partial charge in [-0.3, -0.25) is 95.9 Å². The van der Waals surface area contributed by atoms with Crippen LogP contribution >= 0.6 is 0 Å². The average Bonchev–Trinajstić information content (AvgIpc) is 1.72. The van der Waals surface area contributed by atoms with Gasteiger partial charge in [-0.1, -0.05) is 93.1 Å². The second kappa shape index (κ2) is 60.3. The molecular formula is C92H138N22O29. The van der Waals surface area contributed by atoms with Crippen molar-refractivity contribution in [1.29, 1.82) is 0 Å². The molecule has 0 unspecified atom stereocenters. The average molecular weight is 2020 g/mol. The van der Waals surface area contributed by atoms with E-state index in [9.17, 15) is 142 Å². The number of aliphatic hydroxyl groups excluding tert-OH is 5. The molecule has 0 radical (unpaired) electrons. The summed E-state index contributed by atoms with van der Waals surface area (Å²) in [5.74, 6) is -23.8. The third-order valence-corrected chi connectivity index (χ3v) is 23.7. The fourth-order valence-electron chi connectivity index (χ4n) is 15.4. The topological polar surface area (TPSA) is 823 Å². The first kappa shape index (κ1) is 119. The molecular weight excluding hydrogens is 1880 g/mol. The van der Waals surface area contributed by atoms with Gasteiger partial charge in [0.05, 0.1) is 51.0 Å². The number of aromatic hydroxyl groups is 1. The Hall–Kier alpha value is -14.0. The number of amides is 19. The predicted molar refractivity (Wildman–Crippen MR) is 507 cm³/mol. The Morgan fingerprint density at radius 1 is 0.385 bits per heavy atom. The number of carboxylic acid groups (broad SMARTS) is 2. The van der Waals surface area contributed by atoms with E-state index < -0.39 is 303 Å². The van der Waals surface area contributed by atoms with E-state index in [1.807, 2.05) is 0 Å². The highest BCUT2D eigenvalue weighted by Gasteiger charge is 2.45. The molecule has 143 heavy (non-hydrogen) atoms. The summed E-state index contributed by atoms with van der Waals surface area (Å²) in [5.41, 5.74) is 23.5. The molecule has 2 fully saturated rings. The minimum atomic E-state index is -1.99. The lowest BCUT2D eigenvalue weighted by Crippen LogP contribution is -2.62. The van der Waals surface area contributed by atoms with Crippen molar-refractivity contribution in [3.05, 3.63) is 102 Å². The van der Waals surface area contributed by atoms with Crippen molar-refractivity contribution in [3.63, 3.8) is 0 Å². The maximum Gasteiger partial charge on any atom is 0.326 e. The summed E-state index contributed by atoms with van der Waals surface area (Å²) in [6.07, 6.45) is -6.47. The number of hydrogen-bond donors (Lipinski definition) is 28. The van der Waals surface area contributed by atoms with Crippen LogP contribution in [0.15, 0.2) is 84.9 Å². The lowest BCUT2D eigenvalue weighted by molar-refractivity contribution is -0.150. The summed E-state index contributed by atoms with van der Waals surface area (Å²) < 4.78 is 0. The van der Waals surface area contributed by atoms with Crippen molar-refractivity contribution in [3.8, 4) is 5.75 Å². The second-order valence-electron chi connectivity index (χ2n) is 35.1. The van der Waals surface area contributed by atoms with Gasteiger partial charge in [-0.2, -0.15) is 0 Å². The first-order valence-corrected chi connectivity index (χ1v) is 47.1. The zero-order valence-electron chi connectivity index (χ0n) is 80.7. The molecule has 51 nitrogen and oxygen atoms in total. The van der Waals surface area contributed by atoms with Gasteiger partial charge in [0.25, 0.3) is 0 Å². The zero-order valence-corrected chi connectivity index (χ0v) is 80.7. The fourth-order valence-corrected chi connectivity index (χ4v) is 15.4. The van der Waals surface area contributed by atoms with Crippen LogP contribution in [0, 0.1) is 5.92 Å². The van der Waals surface area contributed by atoms with E-state index in [4.69, 9.17) is 22.9 Å². The van der Waals surface area contributed by atoms with E-state index in [1.54, 1.807) is 74.5 Å². The fraction of sp³-hybridized carbons (Fsp3) is 0.576. The van der Waals surface area contributed by atoms with Crippen molar-refractivity contribution in [2.75, 3.05) is 52.5 Å². The minimum absolute atomic E-state index is 0.0265. The summed E-state index contributed by atoms with van der Waals surface area (Å²) in [6.45, 7) is 5.55. The number of rotatable bonds is 61. The number of carboxylic acids is 2. The Balaban J connectivity index is 1.29. The van der Waals surface area contributed by atoms with E-state index in [0.717, 1.165) is 30.6 Å². The second-order valence-corrected chi connectivity index (χ2v) is 35.1. The maximum atomic E-state index is 14.9. The minimum Gasteiger partial charge on any atom is -0.508 e. The number of primary amides is 1. The number of phenols is 1. The van der Waals surface area contributed by atoms with Gasteiger partial charge in [-0.05, 0) is 153 Å². The number of benzene rings is 3. The molecule has 2 saturated heterocycles. The van der Waals surface area contributed by atoms with Crippen LogP contribution in [0.1, 0.15) is 155 Å². The summed E-state index contributed by atoms with van der Waals surface area (Å²) in [4.78, 5) is 291. The third-order valence-electron chi connectivity index (χ3n) is 23.7. The number of nitrogens with one attached hydrogen (secondary N) is 16. The van der Waals surface area contributed by atoms with Gasteiger partial charge in [-0.15, -0.1) is 0 Å². The molecule has 790 valence electrons. The summed E-state index contributed by atoms with van der Waals surface area (Å²) in [7, 11) is 0. The molecule has 0 aromatic heterocycles. The molecule has 0 bridgehead atoms. The van der Waals surface area contributed by atoms with Crippen molar-refractivity contribution < 1.29 is 142 Å². The van der Waals surface area contributed by atoms with Gasteiger partial charge < -0.3 is 159 Å². The number of carbonyl (C=O) groups excluding carboxylic acids is 19. The van der Waals surface area contributed by atoms with Crippen LogP contribution in [0.5, 0.6) is 5.75 Å². The molecule has 21 atom stereocenters. The number of aliphatic carboxylic acids is 2. The molecule has 2 aliphatic rings. The Labute approximate surface area is 824 Å². The van der Waals surface area contributed by atoms with E-state index in [0.29, 0.717) is 36.8 Å². The van der Waals surface area contributed by atoms with Crippen molar-refractivity contribution >= 4 is 124 Å². The van der Waals surface area contributed by atoms with E-state index in [-0.39, 0.29) is 95.3 Å². The highest BCUT2D eigenvalue weighted by Crippen LogP contribution is 2.25. The summed E-state index contributed by atoms with van der Waals surface area (Å²) in [5, 5.41) is 121. The largest absolute Gasteiger partial charge is 0.508 e. The molecule has 0 saturated carbocycles. The van der Waals surface area contributed by atoms with Gasteiger partial charge in [0.1, 0.15) is 108 Å². The number of hydrogen-bond acceptors (Lipinski definition) is 30. The molecule has 19 amide bonds. The van der Waals surface area contributed by atoms with E-state index in [2.05, 4.69) is 85.1 Å². The van der Waals surface area contributed by atoms with Crippen LogP contribution in [0.2, 0.25) is 0 Å². The van der Waals surface area contributed by atoms with Gasteiger partial charge in [0, 0.05) is 38.8 Å². The molecule has 5 rings (SSSR count). The number of likely N-dealkylation sites (tertiary alicyclic amines) is 2. The summed E-state index contributed by atoms with van der Waals surface area (Å²) >= 11 is 0. The van der Waals surface area contributed by atoms with Crippen LogP contribution in [-0.2, 0) is 120 Å². The maximum absolute atomic E-state index is 14.9. The number of aliphatic hydroxyl groups is 5. The van der Waals surface area contributed by atoms with Crippen molar-refractivity contribution in [2.24, 2.45) is 28.9 Å². The SMILES string of the molecule is CC[C@H](C)[C@H](NC(=O)[C@H](CO)NC(=O)[C@H](CC(=O)O)NC(=O)[C@H](C)NC(=O)[C@H](C)NC(=O)[C@@H]1CCCN1C(=O)[C@H](CCCCN)NC(=O)[C@@H](NC(=O)CNC(=O)[C@H](Cc1ccccc1)NC(=O)[C@H](Cc1ccccc1)NC(=O)[C@H](CO)NC(=O)[C@H](Cc1ccc(O)cc1)NC(=O)[C@H](CCC(N)=O)NC(=O)[C@@H](NC(=O)[C@H](CCCCN)NC(=O)[C@@H](NC(=O)CN)[C@@H](C)O)[C@@H](C)O)[C@@H](C)O)C(=O)N1CCC[C@H]1C(=O)O. The van der Waals surface area contributed by atoms with Crippen LogP contribution in [0.3, 0.4) is 0 Å². The molecule has 2 aliphatic heterocycles. The Morgan fingerprint density at radius 3 is 1.21 bits per heavy atom. The van der Waals surface area contributed by atoms with Crippen LogP contribution < -0.4 is 108 Å². The van der Waals surface area contributed by atoms with Crippen LogP contribution in [-0.4, -0.2) is 348 Å². The summed E-state index contributed by atoms with van der Waals surface area (Å²) in [6, 6.07) is -6.67. The first-order valence-electron chi connectivity index (χ1n) is 47.1. The Kier molecular flexibility index (Phi) is 50.4. The van der Waals surface area contributed by atoms with Crippen LogP contribution in [0.25, 0.3) is 0 Å². The molecule has 0 aliphatic carbocycles. The quantitative estimate of drug-likeness (QED) is 0.0233. The number of nitrogens with two attached hydrogens (primary N) is 4. The van der Waals surface area contributed by atoms with Gasteiger partial charge in [-0.25, -0.2) is 4.79 Å². The molecule has 2 heterocycles. The smallest absolute Gasteiger partial charge is 0.326 e. The van der Waals surface area contributed by atoms with Gasteiger partial charge in [0.2, 0.25) is 112 Å². The van der Waals surface area contributed by atoms with Crippen molar-refractivity contribution in [1.82, 2.24) is 94.9 Å². The number of unbranched alkanes of at least 4 members (excludes halogenated alkanes) is 2. The highest BCUT2D eigenvalue weighted by atomic mass is 16.4. The molecule has 3 aromatic carbocycles. The zero-order chi connectivity index (χ0) is 107. The molecule has 3 aromatic rings. The van der Waals surface area contributed by atoms with Gasteiger partial charge in [0.15, 0.2) is 0 Å². The van der Waals surface area contributed by atoms with Crippen molar-refractivity contribution in [2.45, 2.75) is 279 Å². The van der Waals surface area contributed by atoms with Gasteiger partial charge >= 0.3 is 11.9 Å². The molecule has 51 heteroatoms. The standard InChI is InChI=1S/C92H138N22O29/c1-8-47(2)72(91(141)114-38-20-28-67(114)92(142)143)111-85(135)65(46-116)108-83(133)63(42-71(124)125)103-77(127)49(4)98-76(126)48(3)99-86(136)66-27-19-37-113(66)90(140)59(26-16-18-36-94)102-88(138)74(51(6)118)110-70(123)44-97-78(128)60(39-53-21-11-9-12-22-53)104-81(131)61(40-54-23-13-10-14-24-54)106-84(134)64(45-115)107-82(132)62(41-55-29-31-56(120)32-30-55)105-79(129)58(33-34-68(96)121)101-89(139)75(52(7)119)112-80(130)57(25-15-17-35-93)100-87(137)73(50(5)117)109-69(122)43-95/h9-14,21-24,29-32,47-52,57-67,72-75,115-120H,8,15-20,25-28,33-46,93-95H2,1-7H3,(H2,96,121)(H,97,128)(H,98,126)(H,99,136)(H,100,137)(H,101,139)(H,102,138)(H,103,127)(H,104,131)(H,105,129)(H,106,134)(H,107,132)(H,108,133)(H,109,122)(H,110,123)(H,111,135)(H,112,130)(H,124,125)(H,142,143)/t47-,48-,49-,50+,51+,52+,57-,58-,59-,60-,61-,62-,63-,64-,65-,66-,67-,72-,73-,74-,75-/m0/s1. The first-order chi connectivity index (χ1) is 67.7. The lowest BCUT2D eigenvalue weighted by Gasteiger charge is -2.31. The van der Waals surface area contributed by atoms with E-state index >= 15 is 0 Å². The Morgan fingerprint density at radius 2 is 0.755 bits per heavy atom. The van der Waals surface area contributed by atoms with E-state index in [1.165, 1.54) is 38.1 Å². The number of carbonyl (C=O) groups is 21. The number of nitrogens with zero attached hydrogens (tertiary/aromatic N) is 2. The lowest BCUT2D eigenvalue weighted by atomic mass is 9.97. The predicted octanol–water partition coefficient (Wildman–Crippen LogP) is -9.96. The molecule has 0 spiro atoms. The number of phenolic OH excluding ortho intramolecular Hbond substituents is 1. The van der Waals surface area contributed by atoms with Crippen LogP contribution in [0.4, 0.5) is 0 Å². The Bertz CT molecular complexity index is 4850. The normalized spacial score (nSPS) is 17.3. The molecule has 32 N–H and O–H groups in total. The highest BCUT2D eigenvalue weighted by molar-refractivity contribution is 6.02. The third kappa shape index (κ3) is 39.1.